The van der Waals surface area contributed by atoms with Crippen molar-refractivity contribution in [3.8, 4) is 17.0 Å². The first-order valence-corrected chi connectivity index (χ1v) is 6.42. The molecule has 3 nitrogen and oxygen atoms in total. The van der Waals surface area contributed by atoms with Gasteiger partial charge in [-0.2, -0.15) is 0 Å². The molecule has 2 heterocycles. The zero-order chi connectivity index (χ0) is 13.0. The van der Waals surface area contributed by atoms with E-state index in [0.29, 0.717) is 0 Å². The third kappa shape index (κ3) is 1.35. The first kappa shape index (κ1) is 10.6. The van der Waals surface area contributed by atoms with Crippen molar-refractivity contribution in [1.82, 2.24) is 9.38 Å². The van der Waals surface area contributed by atoms with Gasteiger partial charge in [-0.25, -0.2) is 4.98 Å². The van der Waals surface area contributed by atoms with E-state index >= 15 is 0 Å². The van der Waals surface area contributed by atoms with Gasteiger partial charge in [0, 0.05) is 18.2 Å². The lowest BCUT2D eigenvalue weighted by Gasteiger charge is -2.04. The number of imidazole rings is 1. The number of aryl methyl sites for hydroxylation is 1. The molecule has 1 aromatic carbocycles. The Morgan fingerprint density at radius 2 is 2.16 bits per heavy atom. The summed E-state index contributed by atoms with van der Waals surface area (Å²) in [6.45, 7) is 2.10. The fraction of sp³-hybridized carbons (Fsp3) is 0.188. The second-order valence-corrected chi connectivity index (χ2v) is 4.99. The van der Waals surface area contributed by atoms with Crippen molar-refractivity contribution < 1.29 is 4.74 Å². The average Bonchev–Trinajstić information content (AvgIpc) is 2.95. The Morgan fingerprint density at radius 3 is 3.00 bits per heavy atom. The van der Waals surface area contributed by atoms with Crippen LogP contribution in [0.3, 0.4) is 0 Å². The maximum absolute atomic E-state index is 5.32. The molecule has 0 saturated carbocycles. The number of pyridine rings is 1. The predicted octanol–water partition coefficient (Wildman–Crippen LogP) is 3.22. The van der Waals surface area contributed by atoms with E-state index in [4.69, 9.17) is 9.72 Å². The molecular weight excluding hydrogens is 236 g/mol. The third-order valence-corrected chi connectivity index (χ3v) is 3.87. The van der Waals surface area contributed by atoms with E-state index in [1.54, 1.807) is 7.11 Å². The van der Waals surface area contributed by atoms with E-state index in [1.807, 2.05) is 6.07 Å². The molecule has 0 saturated heterocycles. The van der Waals surface area contributed by atoms with Crippen molar-refractivity contribution in [3.05, 3.63) is 53.3 Å². The summed E-state index contributed by atoms with van der Waals surface area (Å²) in [6.07, 6.45) is 3.04. The van der Waals surface area contributed by atoms with E-state index in [0.717, 1.165) is 23.5 Å². The molecule has 19 heavy (non-hydrogen) atoms. The second-order valence-electron chi connectivity index (χ2n) is 4.99. The number of hydrogen-bond donors (Lipinski definition) is 0. The molecule has 2 aromatic heterocycles. The number of methoxy groups -OCH3 is 1. The predicted molar refractivity (Wildman–Crippen MR) is 74.7 cm³/mol. The van der Waals surface area contributed by atoms with E-state index in [1.165, 1.54) is 22.4 Å². The molecule has 4 rings (SSSR count). The smallest absolute Gasteiger partial charge is 0.140 e. The van der Waals surface area contributed by atoms with Crippen LogP contribution in [-0.2, 0) is 6.42 Å². The van der Waals surface area contributed by atoms with Gasteiger partial charge >= 0.3 is 0 Å². The van der Waals surface area contributed by atoms with E-state index < -0.39 is 0 Å². The minimum atomic E-state index is 0.889. The van der Waals surface area contributed by atoms with Crippen LogP contribution < -0.4 is 4.74 Å². The second kappa shape index (κ2) is 3.60. The van der Waals surface area contributed by atoms with Crippen LogP contribution in [0.1, 0.15) is 16.8 Å². The molecule has 94 valence electrons. The van der Waals surface area contributed by atoms with Gasteiger partial charge in [0.15, 0.2) is 0 Å². The van der Waals surface area contributed by atoms with Crippen molar-refractivity contribution >= 4 is 5.65 Å². The number of hydrogen-bond acceptors (Lipinski definition) is 2. The van der Waals surface area contributed by atoms with Gasteiger partial charge in [0.2, 0.25) is 0 Å². The third-order valence-electron chi connectivity index (χ3n) is 3.87. The fourth-order valence-electron chi connectivity index (χ4n) is 2.88. The summed E-state index contributed by atoms with van der Waals surface area (Å²) in [5, 5.41) is 0. The van der Waals surface area contributed by atoms with E-state index in [-0.39, 0.29) is 0 Å². The molecule has 0 amide bonds. The molecule has 0 atom stereocenters. The van der Waals surface area contributed by atoms with Crippen molar-refractivity contribution in [3.63, 3.8) is 0 Å². The van der Waals surface area contributed by atoms with Crippen molar-refractivity contribution in [2.45, 2.75) is 13.3 Å². The lowest BCUT2D eigenvalue weighted by molar-refractivity contribution is 0.415. The SMILES string of the molecule is COc1ccc2c(c1)-c1nc3c(C)cccn3c1C2. The van der Waals surface area contributed by atoms with Crippen LogP contribution in [0.5, 0.6) is 5.75 Å². The Hall–Kier alpha value is -2.29. The van der Waals surface area contributed by atoms with Crippen LogP contribution in [0.2, 0.25) is 0 Å². The molecule has 0 unspecified atom stereocenters. The van der Waals surface area contributed by atoms with Gasteiger partial charge in [0.25, 0.3) is 0 Å². The number of benzene rings is 1. The molecule has 3 aromatic rings. The summed E-state index contributed by atoms with van der Waals surface area (Å²) in [6, 6.07) is 10.4. The standard InChI is InChI=1S/C16H14N2O/c1-10-4-3-7-18-14-8-11-5-6-12(19-2)9-13(11)15(14)17-16(10)18/h3-7,9H,8H2,1-2H3. The summed E-state index contributed by atoms with van der Waals surface area (Å²) >= 11 is 0. The first-order chi connectivity index (χ1) is 9.28. The zero-order valence-electron chi connectivity index (χ0n) is 11.0. The fourth-order valence-corrected chi connectivity index (χ4v) is 2.88. The quantitative estimate of drug-likeness (QED) is 0.518. The Kier molecular flexibility index (Phi) is 2.01. The number of ether oxygens (including phenoxy) is 1. The number of fused-ring (bicyclic) bond motifs is 5. The Balaban J connectivity index is 2.03. The van der Waals surface area contributed by atoms with Gasteiger partial charge in [-0.1, -0.05) is 12.1 Å². The highest BCUT2D eigenvalue weighted by Crippen LogP contribution is 2.38. The Bertz CT molecular complexity index is 802. The normalized spacial score (nSPS) is 12.5. The highest BCUT2D eigenvalue weighted by molar-refractivity contribution is 5.77. The van der Waals surface area contributed by atoms with Gasteiger partial charge in [0.05, 0.1) is 18.5 Å². The molecular formula is C16H14N2O. The van der Waals surface area contributed by atoms with Crippen molar-refractivity contribution in [1.29, 1.82) is 0 Å². The van der Waals surface area contributed by atoms with Crippen LogP contribution in [0.15, 0.2) is 36.5 Å². The molecule has 1 aliphatic rings. The summed E-state index contributed by atoms with van der Waals surface area (Å²) in [5.74, 6) is 0.889. The van der Waals surface area contributed by atoms with Crippen LogP contribution >= 0.6 is 0 Å². The topological polar surface area (TPSA) is 26.5 Å². The first-order valence-electron chi connectivity index (χ1n) is 6.42. The Morgan fingerprint density at radius 1 is 1.26 bits per heavy atom. The van der Waals surface area contributed by atoms with Gasteiger partial charge in [0.1, 0.15) is 11.4 Å². The van der Waals surface area contributed by atoms with Gasteiger partial charge in [-0.3, -0.25) is 0 Å². The van der Waals surface area contributed by atoms with Crippen LogP contribution in [0.4, 0.5) is 0 Å². The minimum Gasteiger partial charge on any atom is -0.497 e. The maximum atomic E-state index is 5.32. The van der Waals surface area contributed by atoms with E-state index in [9.17, 15) is 0 Å². The highest BCUT2D eigenvalue weighted by Gasteiger charge is 2.24. The van der Waals surface area contributed by atoms with Crippen LogP contribution in [0, 0.1) is 6.92 Å². The molecule has 0 bridgehead atoms. The number of nitrogens with zero attached hydrogens (tertiary/aromatic N) is 2. The molecule has 0 aliphatic heterocycles. The van der Waals surface area contributed by atoms with Crippen molar-refractivity contribution in [2.75, 3.05) is 7.11 Å². The monoisotopic (exact) mass is 250 g/mol. The lowest BCUT2D eigenvalue weighted by atomic mass is 10.1. The van der Waals surface area contributed by atoms with Crippen LogP contribution in [-0.4, -0.2) is 16.5 Å². The summed E-state index contributed by atoms with van der Waals surface area (Å²) in [4.78, 5) is 4.82. The molecule has 0 fully saturated rings. The zero-order valence-corrected chi connectivity index (χ0v) is 11.0. The van der Waals surface area contributed by atoms with E-state index in [2.05, 4.69) is 41.8 Å². The van der Waals surface area contributed by atoms with Gasteiger partial charge in [-0.15, -0.1) is 0 Å². The Labute approximate surface area is 111 Å². The molecule has 3 heteroatoms. The van der Waals surface area contributed by atoms with Gasteiger partial charge < -0.3 is 9.14 Å². The molecule has 0 radical (unpaired) electrons. The summed E-state index contributed by atoms with van der Waals surface area (Å²) in [5.41, 5.74) is 7.18. The molecule has 1 aliphatic carbocycles. The molecule has 0 spiro atoms. The number of aromatic nitrogens is 2. The average molecular weight is 250 g/mol. The van der Waals surface area contributed by atoms with Gasteiger partial charge in [-0.05, 0) is 36.2 Å². The van der Waals surface area contributed by atoms with Crippen molar-refractivity contribution in [2.24, 2.45) is 0 Å². The maximum Gasteiger partial charge on any atom is 0.140 e. The minimum absolute atomic E-state index is 0.889. The summed E-state index contributed by atoms with van der Waals surface area (Å²) in [7, 11) is 1.70. The molecule has 0 N–H and O–H groups in total. The summed E-state index contributed by atoms with van der Waals surface area (Å²) < 4.78 is 7.52. The number of rotatable bonds is 1. The largest absolute Gasteiger partial charge is 0.497 e. The highest BCUT2D eigenvalue weighted by atomic mass is 16.5. The lowest BCUT2D eigenvalue weighted by Crippen LogP contribution is -1.93. The van der Waals surface area contributed by atoms with Crippen LogP contribution in [0.25, 0.3) is 16.9 Å².